The molecule has 0 spiro atoms. The third-order valence-corrected chi connectivity index (χ3v) is 0.285. The lowest BCUT2D eigenvalue weighted by molar-refractivity contribution is 0.270. The van der Waals surface area contributed by atoms with Gasteiger partial charge in [0.2, 0.25) is 0 Å². The molecule has 0 N–H and O–H groups in total. The van der Waals surface area contributed by atoms with Gasteiger partial charge < -0.3 is 9.64 Å². The van der Waals surface area contributed by atoms with Crippen LogP contribution in [0.4, 0.5) is 0 Å². The molecule has 0 saturated heterocycles. The van der Waals surface area contributed by atoms with Crippen molar-refractivity contribution in [2.24, 2.45) is 0 Å². The molecule has 0 aliphatic heterocycles. The van der Waals surface area contributed by atoms with E-state index in [1.54, 1.807) is 0 Å². The first kappa shape index (κ1) is 16.4. The molecule has 0 heterocycles. The van der Waals surface area contributed by atoms with Gasteiger partial charge in [0.1, 0.15) is 0 Å². The second-order valence-electron chi connectivity index (χ2n) is 1.96. The molecule has 0 atom stereocenters. The monoisotopic (exact) mass is 167 g/mol. The fourth-order valence-electron chi connectivity index (χ4n) is 0.118. The van der Waals surface area contributed by atoms with Crippen molar-refractivity contribution in [2.45, 2.75) is 6.92 Å². The van der Waals surface area contributed by atoms with E-state index in [4.69, 9.17) is 0 Å². The fraction of sp³-hybridized carbons (Fsp3) is 0.714. The molecule has 0 saturated carbocycles. The minimum absolute atomic E-state index is 0. The Bertz CT molecular complexity index is 54.8. The summed E-state index contributed by atoms with van der Waals surface area (Å²) in [7, 11) is 6.00. The summed E-state index contributed by atoms with van der Waals surface area (Å²) in [6.45, 7) is 5.97. The summed E-state index contributed by atoms with van der Waals surface area (Å²) in [5.74, 6) is 0. The molecule has 0 bridgehead atoms. The lowest BCUT2D eigenvalue weighted by Crippen LogP contribution is -1.99. The highest BCUT2D eigenvalue weighted by Crippen LogP contribution is 1.65. The van der Waals surface area contributed by atoms with Gasteiger partial charge in [-0.3, -0.25) is 0 Å². The van der Waals surface area contributed by atoms with Gasteiger partial charge >= 0.3 is 0 Å². The molecule has 0 aliphatic rings. The lowest BCUT2D eigenvalue weighted by atomic mass is 10.9. The van der Waals surface area contributed by atoms with Crippen molar-refractivity contribution in [2.75, 3.05) is 27.7 Å². The Hall–Kier alpha value is -0.210. The van der Waals surface area contributed by atoms with Gasteiger partial charge in [0.05, 0.1) is 12.9 Å². The van der Waals surface area contributed by atoms with Gasteiger partial charge in [-0.05, 0) is 28.1 Å². The number of hydrogen-bond acceptors (Lipinski definition) is 2. The molecule has 0 aliphatic carbocycles. The first-order valence-electron chi connectivity index (χ1n) is 2.98. The zero-order valence-electron chi connectivity index (χ0n) is 7.26. The summed E-state index contributed by atoms with van der Waals surface area (Å²) >= 11 is 0. The molecule has 0 radical (unpaired) electrons. The number of halogens is 1. The quantitative estimate of drug-likeness (QED) is 0.582. The summed E-state index contributed by atoms with van der Waals surface area (Å²) in [5, 5.41) is 0. The van der Waals surface area contributed by atoms with Gasteiger partial charge in [0.15, 0.2) is 0 Å². The Labute approximate surface area is 70.3 Å². The van der Waals surface area contributed by atoms with Crippen LogP contribution < -0.4 is 0 Å². The van der Waals surface area contributed by atoms with E-state index < -0.39 is 0 Å². The van der Waals surface area contributed by atoms with E-state index in [9.17, 15) is 0 Å². The van der Waals surface area contributed by atoms with Crippen LogP contribution in [0.5, 0.6) is 0 Å². The predicted molar refractivity (Wildman–Crippen MR) is 48.7 cm³/mol. The average Bonchev–Trinajstić information content (AvgIpc) is 1.66. The van der Waals surface area contributed by atoms with Crippen LogP contribution in [0.25, 0.3) is 0 Å². The van der Waals surface area contributed by atoms with Crippen LogP contribution in [0.3, 0.4) is 0 Å². The molecule has 0 aromatic carbocycles. The second-order valence-corrected chi connectivity index (χ2v) is 1.96. The third kappa shape index (κ3) is 112. The summed E-state index contributed by atoms with van der Waals surface area (Å²) in [4.78, 5) is 2.00. The largest absolute Gasteiger partial charge is 0.502 e. The zero-order valence-corrected chi connectivity index (χ0v) is 8.07. The average molecular weight is 168 g/mol. The van der Waals surface area contributed by atoms with Gasteiger partial charge in [-0.2, -0.15) is 0 Å². The highest BCUT2D eigenvalue weighted by Gasteiger charge is 1.58. The van der Waals surface area contributed by atoms with Crippen LogP contribution in [-0.2, 0) is 4.74 Å². The number of hydrogen-bond donors (Lipinski definition) is 0. The van der Waals surface area contributed by atoms with Gasteiger partial charge in [-0.15, -0.1) is 12.4 Å². The Balaban J connectivity index is -0.0000000910. The predicted octanol–water partition coefficient (Wildman–Crippen LogP) is 1.77. The van der Waals surface area contributed by atoms with E-state index in [2.05, 4.69) is 11.3 Å². The molecule has 0 unspecified atom stereocenters. The van der Waals surface area contributed by atoms with Gasteiger partial charge in [-0.1, -0.05) is 6.58 Å². The van der Waals surface area contributed by atoms with E-state index in [0.717, 1.165) is 6.61 Å². The van der Waals surface area contributed by atoms with Crippen molar-refractivity contribution in [3.8, 4) is 0 Å². The van der Waals surface area contributed by atoms with Crippen LogP contribution in [-0.4, -0.2) is 32.6 Å². The highest BCUT2D eigenvalue weighted by atomic mass is 35.5. The molecule has 0 aromatic rings. The lowest BCUT2D eigenvalue weighted by Gasteiger charge is -1.90. The van der Waals surface area contributed by atoms with Crippen LogP contribution in [0.15, 0.2) is 12.8 Å². The minimum atomic E-state index is 0. The van der Waals surface area contributed by atoms with Crippen LogP contribution in [0, 0.1) is 0 Å². The van der Waals surface area contributed by atoms with E-state index >= 15 is 0 Å². The number of nitrogens with zero attached hydrogens (tertiary/aromatic N) is 1. The number of rotatable bonds is 2. The molecular formula is C7H18ClNO. The Morgan fingerprint density at radius 3 is 1.70 bits per heavy atom. The van der Waals surface area contributed by atoms with Gasteiger partial charge in [0.25, 0.3) is 0 Å². The first-order chi connectivity index (χ1) is 4.15. The topological polar surface area (TPSA) is 12.5 Å². The van der Waals surface area contributed by atoms with Crippen LogP contribution in [0.1, 0.15) is 6.92 Å². The Morgan fingerprint density at radius 2 is 1.70 bits per heavy atom. The van der Waals surface area contributed by atoms with Crippen LogP contribution >= 0.6 is 12.4 Å². The zero-order chi connectivity index (χ0) is 7.70. The Morgan fingerprint density at radius 1 is 1.40 bits per heavy atom. The van der Waals surface area contributed by atoms with Crippen molar-refractivity contribution >= 4 is 12.4 Å². The van der Waals surface area contributed by atoms with Crippen molar-refractivity contribution in [1.82, 2.24) is 4.90 Å². The molecule has 3 heteroatoms. The molecule has 0 fully saturated rings. The normalized spacial score (nSPS) is 6.90. The van der Waals surface area contributed by atoms with E-state index in [-0.39, 0.29) is 12.4 Å². The molecule has 0 amide bonds. The summed E-state index contributed by atoms with van der Waals surface area (Å²) < 4.78 is 4.60. The molecule has 64 valence electrons. The maximum Gasteiger partial charge on any atom is 0.0844 e. The smallest absolute Gasteiger partial charge is 0.0844 e. The van der Waals surface area contributed by atoms with E-state index in [1.165, 1.54) is 6.26 Å². The number of ether oxygens (including phenoxy) is 1. The summed E-state index contributed by atoms with van der Waals surface area (Å²) in [5.41, 5.74) is 0. The SMILES string of the molecule is C=COCC.CN(C)C.Cl. The summed E-state index contributed by atoms with van der Waals surface area (Å²) in [6.07, 6.45) is 1.43. The Kier molecular flexibility index (Phi) is 26.1. The molecular weight excluding hydrogens is 150 g/mol. The second kappa shape index (κ2) is 15.9. The van der Waals surface area contributed by atoms with Crippen molar-refractivity contribution in [1.29, 1.82) is 0 Å². The maximum absolute atomic E-state index is 4.60. The van der Waals surface area contributed by atoms with Crippen molar-refractivity contribution in [3.63, 3.8) is 0 Å². The third-order valence-electron chi connectivity index (χ3n) is 0.285. The van der Waals surface area contributed by atoms with Crippen molar-refractivity contribution in [3.05, 3.63) is 12.8 Å². The van der Waals surface area contributed by atoms with Gasteiger partial charge in [0, 0.05) is 0 Å². The van der Waals surface area contributed by atoms with E-state index in [1.807, 2.05) is 33.0 Å². The first-order valence-corrected chi connectivity index (χ1v) is 2.98. The standard InChI is InChI=1S/C4H8O.C3H9N.ClH/c1-3-5-4-2;1-4(2)3;/h3H,1,4H2,2H3;1-3H3;1H. The van der Waals surface area contributed by atoms with Crippen LogP contribution in [0.2, 0.25) is 0 Å². The fourth-order valence-corrected chi connectivity index (χ4v) is 0.118. The molecule has 2 nitrogen and oxygen atoms in total. The molecule has 0 rings (SSSR count). The summed E-state index contributed by atoms with van der Waals surface area (Å²) in [6, 6.07) is 0. The maximum atomic E-state index is 4.60. The minimum Gasteiger partial charge on any atom is -0.502 e. The molecule has 0 aromatic heterocycles. The van der Waals surface area contributed by atoms with Gasteiger partial charge in [-0.25, -0.2) is 0 Å². The molecule has 10 heavy (non-hydrogen) atoms. The van der Waals surface area contributed by atoms with Crippen molar-refractivity contribution < 1.29 is 4.74 Å². The van der Waals surface area contributed by atoms with E-state index in [0.29, 0.717) is 0 Å². The highest BCUT2D eigenvalue weighted by molar-refractivity contribution is 5.85.